The number of benzene rings is 2. The molecule has 0 bridgehead atoms. The summed E-state index contributed by atoms with van der Waals surface area (Å²) in [6, 6.07) is 10.7. The van der Waals surface area contributed by atoms with Gasteiger partial charge in [0.15, 0.2) is 11.6 Å². The lowest BCUT2D eigenvalue weighted by atomic mass is 10.1. The van der Waals surface area contributed by atoms with E-state index in [9.17, 15) is 19.0 Å². The molecule has 1 fully saturated rings. The summed E-state index contributed by atoms with van der Waals surface area (Å²) in [6.45, 7) is 3.24. The third kappa shape index (κ3) is 3.66. The van der Waals surface area contributed by atoms with Gasteiger partial charge in [0.2, 0.25) is 0 Å². The van der Waals surface area contributed by atoms with Crippen molar-refractivity contribution >= 4 is 5.69 Å². The van der Waals surface area contributed by atoms with E-state index >= 15 is 0 Å². The van der Waals surface area contributed by atoms with Gasteiger partial charge in [-0.3, -0.25) is 4.90 Å². The van der Waals surface area contributed by atoms with E-state index in [1.807, 2.05) is 12.1 Å². The molecule has 6 heteroatoms. The van der Waals surface area contributed by atoms with Crippen molar-refractivity contribution in [3.8, 4) is 5.75 Å². The van der Waals surface area contributed by atoms with E-state index in [0.29, 0.717) is 12.1 Å². The molecule has 0 aromatic heterocycles. The van der Waals surface area contributed by atoms with E-state index in [4.69, 9.17) is 0 Å². The predicted octanol–water partition coefficient (Wildman–Crippen LogP) is 2.53. The van der Waals surface area contributed by atoms with Crippen LogP contribution in [0, 0.1) is 11.6 Å². The third-order valence-corrected chi connectivity index (χ3v) is 4.35. The number of phenols is 1. The highest BCUT2D eigenvalue weighted by Crippen LogP contribution is 2.27. The van der Waals surface area contributed by atoms with Crippen LogP contribution in [0.1, 0.15) is 11.7 Å². The van der Waals surface area contributed by atoms with Crippen molar-refractivity contribution in [2.75, 3.05) is 37.6 Å². The van der Waals surface area contributed by atoms with Gasteiger partial charge >= 0.3 is 0 Å². The predicted molar refractivity (Wildman–Crippen MR) is 88.1 cm³/mol. The first-order valence-corrected chi connectivity index (χ1v) is 7.93. The van der Waals surface area contributed by atoms with Crippen LogP contribution < -0.4 is 4.90 Å². The lowest BCUT2D eigenvalue weighted by Gasteiger charge is -2.37. The molecule has 0 radical (unpaired) electrons. The summed E-state index contributed by atoms with van der Waals surface area (Å²) in [7, 11) is 0. The summed E-state index contributed by atoms with van der Waals surface area (Å²) >= 11 is 0. The summed E-state index contributed by atoms with van der Waals surface area (Å²) in [4.78, 5) is 4.16. The number of aromatic hydroxyl groups is 1. The summed E-state index contributed by atoms with van der Waals surface area (Å²) in [5.41, 5.74) is 1.18. The van der Waals surface area contributed by atoms with Crippen molar-refractivity contribution in [3.05, 3.63) is 59.7 Å². The maximum absolute atomic E-state index is 13.3. The molecule has 1 saturated heterocycles. The third-order valence-electron chi connectivity index (χ3n) is 4.35. The van der Waals surface area contributed by atoms with Gasteiger partial charge in [-0.25, -0.2) is 8.78 Å². The smallest absolute Gasteiger partial charge is 0.159 e. The summed E-state index contributed by atoms with van der Waals surface area (Å²) < 4.78 is 26.2. The number of para-hydroxylation sites is 2. The molecular weight excluding hydrogens is 314 g/mol. The van der Waals surface area contributed by atoms with E-state index in [-0.39, 0.29) is 5.75 Å². The number of hydrogen-bond acceptors (Lipinski definition) is 4. The minimum atomic E-state index is -0.948. The molecule has 1 aliphatic rings. The van der Waals surface area contributed by atoms with Crippen LogP contribution in [0.25, 0.3) is 0 Å². The Bertz CT molecular complexity index is 703. The molecular formula is C18H20F2N2O2. The normalized spacial score (nSPS) is 17.0. The van der Waals surface area contributed by atoms with Gasteiger partial charge in [0.25, 0.3) is 0 Å². The number of aliphatic hydroxyl groups excluding tert-OH is 1. The monoisotopic (exact) mass is 334 g/mol. The number of β-amino-alcohol motifs (C(OH)–C–C–N with tert-alkyl or cyclic N) is 1. The second-order valence-electron chi connectivity index (χ2n) is 5.97. The molecule has 3 rings (SSSR count). The number of halogens is 2. The first-order valence-electron chi connectivity index (χ1n) is 7.93. The molecule has 4 nitrogen and oxygen atoms in total. The molecule has 2 N–H and O–H groups in total. The molecule has 1 heterocycles. The Morgan fingerprint density at radius 1 is 0.958 bits per heavy atom. The minimum Gasteiger partial charge on any atom is -0.506 e. The van der Waals surface area contributed by atoms with E-state index in [1.165, 1.54) is 6.07 Å². The number of phenolic OH excluding ortho intramolecular Hbond substituents is 1. The average Bonchev–Trinajstić information content (AvgIpc) is 2.58. The highest BCUT2D eigenvalue weighted by atomic mass is 19.2. The van der Waals surface area contributed by atoms with Gasteiger partial charge in [0, 0.05) is 32.7 Å². The fraction of sp³-hybridized carbons (Fsp3) is 0.333. The molecule has 1 atom stereocenters. The van der Waals surface area contributed by atoms with E-state index in [1.54, 1.807) is 12.1 Å². The van der Waals surface area contributed by atoms with Crippen LogP contribution in [0.3, 0.4) is 0 Å². The highest BCUT2D eigenvalue weighted by molar-refractivity contribution is 5.57. The largest absolute Gasteiger partial charge is 0.506 e. The Kier molecular flexibility index (Phi) is 4.97. The lowest BCUT2D eigenvalue weighted by Crippen LogP contribution is -2.47. The Labute approximate surface area is 139 Å². The fourth-order valence-corrected chi connectivity index (χ4v) is 2.97. The van der Waals surface area contributed by atoms with Gasteiger partial charge in [-0.05, 0) is 29.8 Å². The molecule has 128 valence electrons. The van der Waals surface area contributed by atoms with Crippen molar-refractivity contribution in [1.82, 2.24) is 4.90 Å². The zero-order valence-electron chi connectivity index (χ0n) is 13.2. The Morgan fingerprint density at radius 3 is 2.33 bits per heavy atom. The van der Waals surface area contributed by atoms with Crippen molar-refractivity contribution in [2.24, 2.45) is 0 Å². The molecule has 0 aliphatic carbocycles. The molecule has 0 amide bonds. The quantitative estimate of drug-likeness (QED) is 0.902. The van der Waals surface area contributed by atoms with Gasteiger partial charge in [-0.1, -0.05) is 18.2 Å². The van der Waals surface area contributed by atoms with Crippen molar-refractivity contribution in [1.29, 1.82) is 0 Å². The van der Waals surface area contributed by atoms with Crippen LogP contribution in [0.15, 0.2) is 42.5 Å². The molecule has 0 spiro atoms. The zero-order valence-corrected chi connectivity index (χ0v) is 13.2. The first kappa shape index (κ1) is 16.7. The molecule has 24 heavy (non-hydrogen) atoms. The summed E-state index contributed by atoms with van der Waals surface area (Å²) in [5, 5.41) is 20.1. The second-order valence-corrected chi connectivity index (χ2v) is 5.97. The number of nitrogens with zero attached hydrogens (tertiary/aromatic N) is 2. The van der Waals surface area contributed by atoms with Crippen molar-refractivity contribution < 1.29 is 19.0 Å². The molecule has 2 aromatic rings. The Balaban J connectivity index is 1.57. The standard InChI is InChI=1S/C18H20F2N2O2/c19-14-6-5-13(11-15(14)20)18(24)12-21-7-9-22(10-8-21)16-3-1-2-4-17(16)23/h1-6,11,18,23-24H,7-10,12H2. The van der Waals surface area contributed by atoms with Crippen molar-refractivity contribution in [2.45, 2.75) is 6.10 Å². The van der Waals surface area contributed by atoms with Gasteiger partial charge in [-0.15, -0.1) is 0 Å². The summed E-state index contributed by atoms with van der Waals surface area (Å²) in [6.07, 6.45) is -0.864. The SMILES string of the molecule is Oc1ccccc1N1CCN(CC(O)c2ccc(F)c(F)c2)CC1. The van der Waals surface area contributed by atoms with Crippen LogP contribution >= 0.6 is 0 Å². The van der Waals surface area contributed by atoms with E-state index in [2.05, 4.69) is 9.80 Å². The van der Waals surface area contributed by atoms with Crippen LogP contribution in [-0.2, 0) is 0 Å². The number of piperazine rings is 1. The topological polar surface area (TPSA) is 46.9 Å². The van der Waals surface area contributed by atoms with Gasteiger partial charge in [-0.2, -0.15) is 0 Å². The highest BCUT2D eigenvalue weighted by Gasteiger charge is 2.21. The number of aliphatic hydroxyl groups is 1. The van der Waals surface area contributed by atoms with Crippen molar-refractivity contribution in [3.63, 3.8) is 0 Å². The number of hydrogen-bond donors (Lipinski definition) is 2. The van der Waals surface area contributed by atoms with Gasteiger partial charge in [0.05, 0.1) is 11.8 Å². The first-order chi connectivity index (χ1) is 11.5. The van der Waals surface area contributed by atoms with Crippen LogP contribution in [0.2, 0.25) is 0 Å². The molecule has 2 aromatic carbocycles. The average molecular weight is 334 g/mol. The maximum Gasteiger partial charge on any atom is 0.159 e. The zero-order chi connectivity index (χ0) is 17.1. The number of rotatable bonds is 4. The molecule has 1 unspecified atom stereocenters. The molecule has 1 aliphatic heterocycles. The van der Waals surface area contributed by atoms with Crippen LogP contribution in [0.4, 0.5) is 14.5 Å². The van der Waals surface area contributed by atoms with Gasteiger partial charge < -0.3 is 15.1 Å². The van der Waals surface area contributed by atoms with Crippen LogP contribution in [0.5, 0.6) is 5.75 Å². The van der Waals surface area contributed by atoms with E-state index in [0.717, 1.165) is 44.0 Å². The maximum atomic E-state index is 13.3. The van der Waals surface area contributed by atoms with E-state index < -0.39 is 17.7 Å². The number of anilines is 1. The Hall–Kier alpha value is -2.18. The minimum absolute atomic E-state index is 0.257. The Morgan fingerprint density at radius 2 is 1.67 bits per heavy atom. The fourth-order valence-electron chi connectivity index (χ4n) is 2.97. The van der Waals surface area contributed by atoms with Gasteiger partial charge in [0.1, 0.15) is 5.75 Å². The summed E-state index contributed by atoms with van der Waals surface area (Å²) in [5.74, 6) is -1.61. The molecule has 0 saturated carbocycles. The van der Waals surface area contributed by atoms with Crippen LogP contribution in [-0.4, -0.2) is 47.8 Å². The second kappa shape index (κ2) is 7.15. The lowest BCUT2D eigenvalue weighted by molar-refractivity contribution is 0.109.